The molecule has 0 aliphatic rings. The van der Waals surface area contributed by atoms with Crippen LogP contribution in [0.1, 0.15) is 11.6 Å². The molecule has 0 saturated heterocycles. The van der Waals surface area contributed by atoms with Crippen LogP contribution in [0.4, 0.5) is 13.2 Å². The summed E-state index contributed by atoms with van der Waals surface area (Å²) in [5, 5.41) is 0. The summed E-state index contributed by atoms with van der Waals surface area (Å²) in [5.74, 6) is 0. The monoisotopic (exact) mass is 207 g/mol. The van der Waals surface area contributed by atoms with Crippen LogP contribution in [0.25, 0.3) is 0 Å². The molecule has 1 atom stereocenters. The van der Waals surface area contributed by atoms with Gasteiger partial charge in [0.2, 0.25) is 0 Å². The molecule has 0 saturated carbocycles. The molecular weight excluding hydrogens is 199 g/mol. The Labute approximate surface area is 79.2 Å². The van der Waals surface area contributed by atoms with Crippen molar-refractivity contribution in [3.63, 3.8) is 0 Å². The van der Waals surface area contributed by atoms with Crippen molar-refractivity contribution in [3.05, 3.63) is 29.8 Å². The van der Waals surface area contributed by atoms with Crippen molar-refractivity contribution in [2.24, 2.45) is 5.73 Å². The number of thiol groups is 1. The molecule has 13 heavy (non-hydrogen) atoms. The molecule has 0 aliphatic heterocycles. The summed E-state index contributed by atoms with van der Waals surface area (Å²) in [4.78, 5) is 0.609. The molecule has 1 aromatic carbocycles. The molecule has 0 fully saturated rings. The molecule has 0 bridgehead atoms. The Bertz CT molecular complexity index is 280. The highest BCUT2D eigenvalue weighted by molar-refractivity contribution is 7.80. The van der Waals surface area contributed by atoms with E-state index in [0.29, 0.717) is 4.90 Å². The summed E-state index contributed by atoms with van der Waals surface area (Å²) in [5.41, 5.74) is 5.02. The maximum atomic E-state index is 12.1. The molecule has 0 heterocycles. The molecular formula is C8H8F3NS. The van der Waals surface area contributed by atoms with E-state index < -0.39 is 12.2 Å². The average Bonchev–Trinajstić information content (AvgIpc) is 2.03. The molecule has 1 aromatic rings. The number of nitrogens with two attached hydrogens (primary N) is 1. The Morgan fingerprint density at radius 3 is 2.00 bits per heavy atom. The van der Waals surface area contributed by atoms with Crippen LogP contribution in [0, 0.1) is 0 Å². The molecule has 0 radical (unpaired) electrons. The van der Waals surface area contributed by atoms with Gasteiger partial charge in [0.25, 0.3) is 0 Å². The Kier molecular flexibility index (Phi) is 2.87. The topological polar surface area (TPSA) is 26.0 Å². The summed E-state index contributed by atoms with van der Waals surface area (Å²) in [7, 11) is 0. The number of hydrogen-bond donors (Lipinski definition) is 2. The van der Waals surface area contributed by atoms with Crippen LogP contribution < -0.4 is 5.73 Å². The Hall–Kier alpha value is -0.680. The second-order valence-electron chi connectivity index (χ2n) is 2.61. The van der Waals surface area contributed by atoms with Gasteiger partial charge in [0, 0.05) is 4.90 Å². The lowest BCUT2D eigenvalue weighted by Crippen LogP contribution is -2.28. The number of alkyl halides is 3. The molecule has 0 aromatic heterocycles. The quantitative estimate of drug-likeness (QED) is 0.680. The molecule has 1 rings (SSSR count). The predicted octanol–water partition coefficient (Wildman–Crippen LogP) is 2.54. The van der Waals surface area contributed by atoms with E-state index in [1.54, 1.807) is 0 Å². The van der Waals surface area contributed by atoms with Gasteiger partial charge >= 0.3 is 6.18 Å². The highest BCUT2D eigenvalue weighted by atomic mass is 32.1. The van der Waals surface area contributed by atoms with Crippen LogP contribution in [-0.2, 0) is 0 Å². The van der Waals surface area contributed by atoms with Crippen LogP contribution in [-0.4, -0.2) is 6.18 Å². The Morgan fingerprint density at radius 1 is 1.15 bits per heavy atom. The summed E-state index contributed by atoms with van der Waals surface area (Å²) < 4.78 is 36.3. The first-order valence-corrected chi connectivity index (χ1v) is 3.97. The predicted molar refractivity (Wildman–Crippen MR) is 46.7 cm³/mol. The number of halogens is 3. The van der Waals surface area contributed by atoms with Gasteiger partial charge in [-0.3, -0.25) is 0 Å². The third-order valence-corrected chi connectivity index (χ3v) is 1.90. The van der Waals surface area contributed by atoms with Crippen molar-refractivity contribution < 1.29 is 13.2 Å². The van der Waals surface area contributed by atoms with Crippen molar-refractivity contribution in [2.45, 2.75) is 17.1 Å². The minimum absolute atomic E-state index is 0.0466. The lowest BCUT2D eigenvalue weighted by atomic mass is 10.1. The molecule has 0 amide bonds. The van der Waals surface area contributed by atoms with E-state index in [0.717, 1.165) is 0 Å². The number of hydrogen-bond acceptors (Lipinski definition) is 2. The summed E-state index contributed by atoms with van der Waals surface area (Å²) in [6.45, 7) is 0. The van der Waals surface area contributed by atoms with Crippen molar-refractivity contribution in [1.82, 2.24) is 0 Å². The zero-order valence-electron chi connectivity index (χ0n) is 6.55. The third kappa shape index (κ3) is 2.63. The van der Waals surface area contributed by atoms with E-state index >= 15 is 0 Å². The second kappa shape index (κ2) is 3.59. The molecule has 0 unspecified atom stereocenters. The van der Waals surface area contributed by atoms with Gasteiger partial charge < -0.3 is 5.73 Å². The van der Waals surface area contributed by atoms with E-state index in [1.807, 2.05) is 0 Å². The zero-order chi connectivity index (χ0) is 10.1. The standard InChI is InChI=1S/C8H8F3NS/c9-8(10,11)7(12)5-1-3-6(13)4-2-5/h1-4,7,13H,12H2/t7-/m1/s1. The lowest BCUT2D eigenvalue weighted by Gasteiger charge is -2.15. The van der Waals surface area contributed by atoms with Gasteiger partial charge in [0.1, 0.15) is 6.04 Å². The average molecular weight is 207 g/mol. The fraction of sp³-hybridized carbons (Fsp3) is 0.250. The lowest BCUT2D eigenvalue weighted by molar-refractivity contribution is -0.149. The normalized spacial score (nSPS) is 14.2. The fourth-order valence-corrected chi connectivity index (χ4v) is 1.02. The second-order valence-corrected chi connectivity index (χ2v) is 3.13. The molecule has 0 aliphatic carbocycles. The van der Waals surface area contributed by atoms with Crippen LogP contribution in [0.15, 0.2) is 29.2 Å². The summed E-state index contributed by atoms with van der Waals surface area (Å²) in [6, 6.07) is 3.68. The van der Waals surface area contributed by atoms with Crippen LogP contribution in [0.5, 0.6) is 0 Å². The van der Waals surface area contributed by atoms with Gasteiger partial charge in [-0.1, -0.05) is 12.1 Å². The van der Waals surface area contributed by atoms with Crippen molar-refractivity contribution in [2.75, 3.05) is 0 Å². The van der Waals surface area contributed by atoms with Crippen LogP contribution in [0.2, 0.25) is 0 Å². The minimum Gasteiger partial charge on any atom is -0.316 e. The van der Waals surface area contributed by atoms with E-state index in [2.05, 4.69) is 12.6 Å². The zero-order valence-corrected chi connectivity index (χ0v) is 7.44. The van der Waals surface area contributed by atoms with Gasteiger partial charge in [-0.2, -0.15) is 13.2 Å². The Morgan fingerprint density at radius 2 is 1.62 bits per heavy atom. The van der Waals surface area contributed by atoms with Crippen LogP contribution >= 0.6 is 12.6 Å². The molecule has 0 spiro atoms. The largest absolute Gasteiger partial charge is 0.407 e. The maximum absolute atomic E-state index is 12.1. The smallest absolute Gasteiger partial charge is 0.316 e. The number of rotatable bonds is 1. The van der Waals surface area contributed by atoms with E-state index in [-0.39, 0.29) is 5.56 Å². The van der Waals surface area contributed by atoms with Gasteiger partial charge in [-0.25, -0.2) is 0 Å². The molecule has 1 nitrogen and oxygen atoms in total. The first kappa shape index (κ1) is 10.4. The van der Waals surface area contributed by atoms with Crippen molar-refractivity contribution in [1.29, 1.82) is 0 Å². The molecule has 72 valence electrons. The molecule has 5 heteroatoms. The van der Waals surface area contributed by atoms with Gasteiger partial charge in [-0.15, -0.1) is 12.6 Å². The minimum atomic E-state index is -4.39. The first-order chi connectivity index (χ1) is 5.91. The number of benzene rings is 1. The van der Waals surface area contributed by atoms with E-state index in [1.165, 1.54) is 24.3 Å². The highest BCUT2D eigenvalue weighted by Gasteiger charge is 2.37. The van der Waals surface area contributed by atoms with Crippen LogP contribution in [0.3, 0.4) is 0 Å². The van der Waals surface area contributed by atoms with E-state index in [9.17, 15) is 13.2 Å². The first-order valence-electron chi connectivity index (χ1n) is 3.52. The summed E-state index contributed by atoms with van der Waals surface area (Å²) >= 11 is 3.95. The van der Waals surface area contributed by atoms with E-state index in [4.69, 9.17) is 5.73 Å². The van der Waals surface area contributed by atoms with Crippen molar-refractivity contribution in [3.8, 4) is 0 Å². The van der Waals surface area contributed by atoms with Gasteiger partial charge in [0.05, 0.1) is 0 Å². The highest BCUT2D eigenvalue weighted by Crippen LogP contribution is 2.30. The Balaban J connectivity index is 2.90. The SMILES string of the molecule is N[C@H](c1ccc(S)cc1)C(F)(F)F. The van der Waals surface area contributed by atoms with Gasteiger partial charge in [-0.05, 0) is 17.7 Å². The maximum Gasteiger partial charge on any atom is 0.407 e. The van der Waals surface area contributed by atoms with Gasteiger partial charge in [0.15, 0.2) is 0 Å². The summed E-state index contributed by atoms with van der Waals surface area (Å²) in [6.07, 6.45) is -4.39. The third-order valence-electron chi connectivity index (χ3n) is 1.60. The fourth-order valence-electron chi connectivity index (χ4n) is 0.871. The molecule has 2 N–H and O–H groups in total. The van der Waals surface area contributed by atoms with Crippen molar-refractivity contribution >= 4 is 12.6 Å².